The van der Waals surface area contributed by atoms with Gasteiger partial charge in [0, 0.05) is 28.0 Å². The number of hydrazone groups is 1. The predicted molar refractivity (Wildman–Crippen MR) is 145 cm³/mol. The van der Waals surface area contributed by atoms with Crippen LogP contribution in [0.4, 0.5) is 5.95 Å². The second-order valence-electron chi connectivity index (χ2n) is 8.39. The second-order valence-corrected chi connectivity index (χ2v) is 9.77. The predicted octanol–water partition coefficient (Wildman–Crippen LogP) is 7.08. The number of hydrogen-bond acceptors (Lipinski definition) is 7. The summed E-state index contributed by atoms with van der Waals surface area (Å²) < 4.78 is 5.38. The van der Waals surface area contributed by atoms with Crippen LogP contribution in [0.5, 0.6) is 11.5 Å². The van der Waals surface area contributed by atoms with E-state index in [9.17, 15) is 5.11 Å². The molecule has 3 heterocycles. The van der Waals surface area contributed by atoms with Crippen LogP contribution in [0, 0.1) is 0 Å². The van der Waals surface area contributed by atoms with Gasteiger partial charge in [0.1, 0.15) is 0 Å². The third kappa shape index (κ3) is 3.96. The minimum atomic E-state index is -0.314. The summed E-state index contributed by atoms with van der Waals surface area (Å²) >= 11 is 7.97. The number of benzene rings is 3. The Morgan fingerprint density at radius 1 is 1.00 bits per heavy atom. The number of rotatable bonds is 5. The summed E-state index contributed by atoms with van der Waals surface area (Å²) in [5.74, 6) is 0.951. The Hall–Kier alpha value is -3.94. The minimum absolute atomic E-state index is 0.0912. The summed E-state index contributed by atoms with van der Waals surface area (Å²) in [4.78, 5) is 11.0. The number of phenolic OH excluding ortho intramolecular Hbond substituents is 1. The van der Waals surface area contributed by atoms with E-state index in [4.69, 9.17) is 31.4 Å². The van der Waals surface area contributed by atoms with Crippen LogP contribution < -0.4 is 9.75 Å². The molecule has 0 amide bonds. The molecule has 0 aliphatic carbocycles. The average Bonchev–Trinajstić information content (AvgIpc) is 3.59. The number of anilines is 1. The monoisotopic (exact) mass is 512 g/mol. The quantitative estimate of drug-likeness (QED) is 0.272. The number of thiophene rings is 1. The molecule has 3 aromatic carbocycles. The van der Waals surface area contributed by atoms with Crippen molar-refractivity contribution in [2.45, 2.75) is 12.5 Å². The standard InChI is InChI=1S/C28H21ClN4O2S/c1-35-24-10-5-9-19(27(24)34)23-16-22(25-11-6-14-36-25)32-33(23)28-30-21-13-12-18(29)15-20(21)26(31-28)17-7-3-2-4-8-17/h2-15,23,34H,16H2,1H3/t23-/m0/s1. The Bertz CT molecular complexity index is 1590. The largest absolute Gasteiger partial charge is 0.504 e. The third-order valence-electron chi connectivity index (χ3n) is 6.22. The topological polar surface area (TPSA) is 70.8 Å². The molecule has 1 N–H and O–H groups in total. The molecule has 178 valence electrons. The summed E-state index contributed by atoms with van der Waals surface area (Å²) in [6.45, 7) is 0. The highest BCUT2D eigenvalue weighted by atomic mass is 35.5. The van der Waals surface area contributed by atoms with E-state index in [1.807, 2.05) is 83.2 Å². The molecule has 1 atom stereocenters. The van der Waals surface area contributed by atoms with E-state index >= 15 is 0 Å². The molecule has 0 saturated heterocycles. The van der Waals surface area contributed by atoms with E-state index in [0.29, 0.717) is 28.7 Å². The maximum Gasteiger partial charge on any atom is 0.247 e. The van der Waals surface area contributed by atoms with Gasteiger partial charge in [-0.2, -0.15) is 5.10 Å². The van der Waals surface area contributed by atoms with E-state index in [1.54, 1.807) is 24.5 Å². The number of halogens is 1. The number of methoxy groups -OCH3 is 1. The van der Waals surface area contributed by atoms with Crippen molar-refractivity contribution in [2.24, 2.45) is 5.10 Å². The number of phenols is 1. The second kappa shape index (κ2) is 9.26. The lowest BCUT2D eigenvalue weighted by Crippen LogP contribution is -2.21. The molecule has 0 spiro atoms. The fourth-order valence-corrected chi connectivity index (χ4v) is 5.40. The van der Waals surface area contributed by atoms with E-state index in [-0.39, 0.29) is 11.8 Å². The van der Waals surface area contributed by atoms with Crippen LogP contribution in [0.15, 0.2) is 89.3 Å². The highest BCUT2D eigenvalue weighted by Crippen LogP contribution is 2.43. The molecular formula is C28H21ClN4O2S. The number of para-hydroxylation sites is 1. The SMILES string of the molecule is COc1cccc([C@@H]2CC(c3cccs3)=NN2c2nc(-c3ccccc3)c3cc(Cl)ccc3n2)c1O. The number of aromatic hydroxyl groups is 1. The van der Waals surface area contributed by atoms with Crippen molar-refractivity contribution in [3.8, 4) is 22.8 Å². The van der Waals surface area contributed by atoms with Crippen molar-refractivity contribution < 1.29 is 9.84 Å². The molecule has 0 fully saturated rings. The third-order valence-corrected chi connectivity index (χ3v) is 7.38. The molecule has 0 saturated carbocycles. The molecule has 0 bridgehead atoms. The van der Waals surface area contributed by atoms with Gasteiger partial charge >= 0.3 is 0 Å². The molecule has 1 aliphatic heterocycles. The lowest BCUT2D eigenvalue weighted by Gasteiger charge is -2.24. The Morgan fingerprint density at radius 2 is 1.86 bits per heavy atom. The van der Waals surface area contributed by atoms with Crippen molar-refractivity contribution in [3.05, 3.63) is 99.7 Å². The van der Waals surface area contributed by atoms with Gasteiger partial charge in [-0.15, -0.1) is 11.3 Å². The van der Waals surface area contributed by atoms with Crippen LogP contribution in [0.3, 0.4) is 0 Å². The zero-order valence-corrected chi connectivity index (χ0v) is 20.9. The zero-order chi connectivity index (χ0) is 24.6. The highest BCUT2D eigenvalue weighted by Gasteiger charge is 2.35. The number of ether oxygens (including phenoxy) is 1. The lowest BCUT2D eigenvalue weighted by atomic mass is 10.00. The van der Waals surface area contributed by atoms with Gasteiger partial charge in [0.15, 0.2) is 11.5 Å². The number of nitrogens with zero attached hydrogens (tertiary/aromatic N) is 4. The summed E-state index contributed by atoms with van der Waals surface area (Å²) in [5, 5.41) is 21.3. The van der Waals surface area contributed by atoms with Gasteiger partial charge < -0.3 is 9.84 Å². The first-order valence-corrected chi connectivity index (χ1v) is 12.7. The van der Waals surface area contributed by atoms with Gasteiger partial charge in [-0.25, -0.2) is 15.0 Å². The number of fused-ring (bicyclic) bond motifs is 1. The van der Waals surface area contributed by atoms with Crippen LogP contribution in [-0.4, -0.2) is 27.9 Å². The molecule has 6 rings (SSSR count). The number of aromatic nitrogens is 2. The van der Waals surface area contributed by atoms with E-state index in [0.717, 1.165) is 32.7 Å². The molecule has 36 heavy (non-hydrogen) atoms. The molecular weight excluding hydrogens is 492 g/mol. The van der Waals surface area contributed by atoms with Crippen LogP contribution in [-0.2, 0) is 0 Å². The summed E-state index contributed by atoms with van der Waals surface area (Å²) in [6.07, 6.45) is 0.587. The maximum absolute atomic E-state index is 11.0. The Kier molecular flexibility index (Phi) is 5.79. The van der Waals surface area contributed by atoms with Crippen LogP contribution in [0.2, 0.25) is 5.02 Å². The first kappa shape index (κ1) is 22.5. The first-order chi connectivity index (χ1) is 17.6. The zero-order valence-electron chi connectivity index (χ0n) is 19.3. The van der Waals surface area contributed by atoms with E-state index in [2.05, 4.69) is 0 Å². The van der Waals surface area contributed by atoms with Crippen molar-refractivity contribution in [1.29, 1.82) is 0 Å². The highest BCUT2D eigenvalue weighted by molar-refractivity contribution is 7.12. The molecule has 0 unspecified atom stereocenters. The fourth-order valence-electron chi connectivity index (χ4n) is 4.51. The van der Waals surface area contributed by atoms with Gasteiger partial charge in [0.2, 0.25) is 5.95 Å². The maximum atomic E-state index is 11.0. The normalized spacial score (nSPS) is 15.3. The van der Waals surface area contributed by atoms with Crippen molar-refractivity contribution in [1.82, 2.24) is 9.97 Å². The Balaban J connectivity index is 1.56. The van der Waals surface area contributed by atoms with Crippen LogP contribution in [0.1, 0.15) is 22.9 Å². The summed E-state index contributed by atoms with van der Waals surface area (Å²) in [5.41, 5.74) is 4.10. The smallest absolute Gasteiger partial charge is 0.247 e. The van der Waals surface area contributed by atoms with Gasteiger partial charge in [-0.05, 0) is 35.7 Å². The van der Waals surface area contributed by atoms with Gasteiger partial charge in [-0.1, -0.05) is 60.1 Å². The molecule has 1 aliphatic rings. The van der Waals surface area contributed by atoms with E-state index < -0.39 is 0 Å². The fraction of sp³-hybridized carbons (Fsp3) is 0.107. The van der Waals surface area contributed by atoms with Gasteiger partial charge in [-0.3, -0.25) is 0 Å². The van der Waals surface area contributed by atoms with Gasteiger partial charge in [0.25, 0.3) is 0 Å². The van der Waals surface area contributed by atoms with E-state index in [1.165, 1.54) is 0 Å². The van der Waals surface area contributed by atoms with Crippen LogP contribution >= 0.6 is 22.9 Å². The van der Waals surface area contributed by atoms with Crippen molar-refractivity contribution in [2.75, 3.05) is 12.1 Å². The molecule has 5 aromatic rings. The summed E-state index contributed by atoms with van der Waals surface area (Å²) in [7, 11) is 1.54. The average molecular weight is 513 g/mol. The molecule has 2 aromatic heterocycles. The first-order valence-electron chi connectivity index (χ1n) is 11.4. The van der Waals surface area contributed by atoms with Gasteiger partial charge in [0.05, 0.1) is 35.0 Å². The minimum Gasteiger partial charge on any atom is -0.504 e. The van der Waals surface area contributed by atoms with Crippen LogP contribution in [0.25, 0.3) is 22.2 Å². The lowest BCUT2D eigenvalue weighted by molar-refractivity contribution is 0.368. The van der Waals surface area contributed by atoms with Crippen molar-refractivity contribution >= 4 is 45.5 Å². The number of hydrogen-bond donors (Lipinski definition) is 1. The molecule has 0 radical (unpaired) electrons. The Labute approximate surface area is 217 Å². The van der Waals surface area contributed by atoms with Crippen molar-refractivity contribution in [3.63, 3.8) is 0 Å². The Morgan fingerprint density at radius 3 is 2.64 bits per heavy atom. The molecule has 8 heteroatoms. The molecule has 6 nitrogen and oxygen atoms in total. The summed E-state index contributed by atoms with van der Waals surface area (Å²) in [6, 6.07) is 24.8.